The molecule has 34 heavy (non-hydrogen) atoms. The van der Waals surface area contributed by atoms with Gasteiger partial charge in [0.05, 0.1) is 18.2 Å². The molecule has 0 spiro atoms. The number of H-pyrrole nitrogens is 1. The molecule has 0 unspecified atom stereocenters. The summed E-state index contributed by atoms with van der Waals surface area (Å²) in [6, 6.07) is 17.8. The standard InChI is InChI=1S/C25H23N5O2S2/c1-15(2)30-22(17-9-11-18(32-3)12-10-17)28-29-25(30)34-14-20-26-23(31)21-19(13-33-24(21)27-20)16-7-5-4-6-8-16/h4-13,15H,14H2,1-3H3,(H,26,27,31). The van der Waals surface area contributed by atoms with Gasteiger partial charge >= 0.3 is 0 Å². The van der Waals surface area contributed by atoms with Crippen LogP contribution < -0.4 is 10.3 Å². The molecule has 1 N–H and O–H groups in total. The van der Waals surface area contributed by atoms with Gasteiger partial charge in [-0.3, -0.25) is 9.36 Å². The van der Waals surface area contributed by atoms with Crippen molar-refractivity contribution in [1.82, 2.24) is 24.7 Å². The van der Waals surface area contributed by atoms with Crippen LogP contribution >= 0.6 is 23.1 Å². The predicted molar refractivity (Wildman–Crippen MR) is 138 cm³/mol. The second-order valence-corrected chi connectivity index (χ2v) is 9.80. The molecule has 0 aliphatic carbocycles. The number of ether oxygens (including phenoxy) is 1. The Hall–Kier alpha value is -3.43. The van der Waals surface area contributed by atoms with Crippen LogP contribution in [0.5, 0.6) is 5.75 Å². The van der Waals surface area contributed by atoms with Crippen molar-refractivity contribution < 1.29 is 4.74 Å². The molecule has 5 aromatic rings. The topological polar surface area (TPSA) is 85.7 Å². The summed E-state index contributed by atoms with van der Waals surface area (Å²) in [6.45, 7) is 4.20. The Bertz CT molecular complexity index is 1490. The van der Waals surface area contributed by atoms with Crippen LogP contribution in [0.1, 0.15) is 25.7 Å². The molecule has 3 heterocycles. The number of aromatic amines is 1. The fourth-order valence-electron chi connectivity index (χ4n) is 3.80. The highest BCUT2D eigenvalue weighted by Crippen LogP contribution is 2.32. The highest BCUT2D eigenvalue weighted by Gasteiger charge is 2.18. The minimum Gasteiger partial charge on any atom is -0.497 e. The van der Waals surface area contributed by atoms with E-state index in [1.54, 1.807) is 7.11 Å². The Morgan fingerprint density at radius 2 is 1.82 bits per heavy atom. The maximum Gasteiger partial charge on any atom is 0.260 e. The number of benzene rings is 2. The summed E-state index contributed by atoms with van der Waals surface area (Å²) in [4.78, 5) is 21.4. The lowest BCUT2D eigenvalue weighted by Gasteiger charge is -2.14. The summed E-state index contributed by atoms with van der Waals surface area (Å²) in [5, 5.41) is 12.3. The van der Waals surface area contributed by atoms with E-state index in [2.05, 4.69) is 33.6 Å². The first-order valence-corrected chi connectivity index (χ1v) is 12.7. The molecule has 172 valence electrons. The van der Waals surface area contributed by atoms with Gasteiger partial charge in [-0.1, -0.05) is 42.1 Å². The number of nitrogens with zero attached hydrogens (tertiary/aromatic N) is 4. The zero-order valence-electron chi connectivity index (χ0n) is 19.0. The fourth-order valence-corrected chi connectivity index (χ4v) is 5.71. The number of thiophene rings is 1. The van der Waals surface area contributed by atoms with Crippen molar-refractivity contribution in [2.24, 2.45) is 0 Å². The van der Waals surface area contributed by atoms with E-state index in [0.29, 0.717) is 17.0 Å². The smallest absolute Gasteiger partial charge is 0.260 e. The average Bonchev–Trinajstić information content (AvgIpc) is 3.48. The third-order valence-corrected chi connectivity index (χ3v) is 7.27. The lowest BCUT2D eigenvalue weighted by Crippen LogP contribution is -2.11. The van der Waals surface area contributed by atoms with Crippen LogP contribution in [-0.2, 0) is 5.75 Å². The van der Waals surface area contributed by atoms with Crippen molar-refractivity contribution in [2.45, 2.75) is 30.8 Å². The summed E-state index contributed by atoms with van der Waals surface area (Å²) >= 11 is 3.00. The summed E-state index contributed by atoms with van der Waals surface area (Å²) in [5.41, 5.74) is 2.77. The summed E-state index contributed by atoms with van der Waals surface area (Å²) in [6.07, 6.45) is 0. The van der Waals surface area contributed by atoms with Gasteiger partial charge in [-0.15, -0.1) is 21.5 Å². The Balaban J connectivity index is 1.42. The van der Waals surface area contributed by atoms with Crippen LogP contribution in [0, 0.1) is 0 Å². The highest BCUT2D eigenvalue weighted by molar-refractivity contribution is 7.98. The number of aromatic nitrogens is 5. The Labute approximate surface area is 204 Å². The first-order valence-electron chi connectivity index (χ1n) is 10.8. The molecule has 7 nitrogen and oxygen atoms in total. The zero-order valence-corrected chi connectivity index (χ0v) is 20.6. The number of thioether (sulfide) groups is 1. The maximum absolute atomic E-state index is 12.9. The SMILES string of the molecule is COc1ccc(-c2nnc(SCc3nc4scc(-c5ccccc5)c4c(=O)[nH]3)n2C(C)C)cc1. The van der Waals surface area contributed by atoms with E-state index < -0.39 is 0 Å². The summed E-state index contributed by atoms with van der Waals surface area (Å²) in [7, 11) is 1.65. The zero-order chi connectivity index (χ0) is 23.7. The van der Waals surface area contributed by atoms with E-state index in [9.17, 15) is 4.79 Å². The van der Waals surface area contributed by atoms with Gasteiger partial charge in [-0.25, -0.2) is 4.98 Å². The van der Waals surface area contributed by atoms with Crippen LogP contribution in [0.2, 0.25) is 0 Å². The van der Waals surface area contributed by atoms with E-state index in [4.69, 9.17) is 9.72 Å². The molecule has 0 bridgehead atoms. The first kappa shape index (κ1) is 22.4. The number of fused-ring (bicyclic) bond motifs is 1. The van der Waals surface area contributed by atoms with Crippen molar-refractivity contribution in [3.05, 3.63) is 76.2 Å². The molecule has 0 saturated heterocycles. The number of nitrogens with one attached hydrogen (secondary N) is 1. The quantitative estimate of drug-likeness (QED) is 0.291. The second kappa shape index (κ2) is 9.44. The minimum absolute atomic E-state index is 0.120. The van der Waals surface area contributed by atoms with Gasteiger partial charge in [-0.2, -0.15) is 0 Å². The molecule has 0 radical (unpaired) electrons. The van der Waals surface area contributed by atoms with Gasteiger partial charge in [0, 0.05) is 22.5 Å². The normalized spacial score (nSPS) is 11.4. The van der Waals surface area contributed by atoms with Crippen molar-refractivity contribution in [3.8, 4) is 28.3 Å². The Morgan fingerprint density at radius 3 is 2.53 bits per heavy atom. The van der Waals surface area contributed by atoms with E-state index in [0.717, 1.165) is 38.3 Å². The molecular weight excluding hydrogens is 466 g/mol. The van der Waals surface area contributed by atoms with Crippen LogP contribution in [0.4, 0.5) is 0 Å². The van der Waals surface area contributed by atoms with Crippen molar-refractivity contribution in [2.75, 3.05) is 7.11 Å². The maximum atomic E-state index is 12.9. The van der Waals surface area contributed by atoms with Gasteiger partial charge in [0.2, 0.25) is 0 Å². The van der Waals surface area contributed by atoms with Gasteiger partial charge in [0.1, 0.15) is 16.4 Å². The molecule has 0 amide bonds. The van der Waals surface area contributed by atoms with E-state index in [1.165, 1.54) is 23.1 Å². The van der Waals surface area contributed by atoms with Crippen molar-refractivity contribution >= 4 is 33.3 Å². The number of methoxy groups -OCH3 is 1. The third-order valence-electron chi connectivity index (χ3n) is 5.44. The Morgan fingerprint density at radius 1 is 1.06 bits per heavy atom. The number of rotatable bonds is 7. The molecule has 2 aromatic carbocycles. The van der Waals surface area contributed by atoms with Crippen LogP contribution in [-0.4, -0.2) is 31.8 Å². The predicted octanol–water partition coefficient (Wildman–Crippen LogP) is 5.79. The van der Waals surface area contributed by atoms with E-state index in [1.807, 2.05) is 60.0 Å². The lowest BCUT2D eigenvalue weighted by molar-refractivity contribution is 0.415. The van der Waals surface area contributed by atoms with Gasteiger partial charge in [0.15, 0.2) is 11.0 Å². The molecule has 0 aliphatic heterocycles. The third kappa shape index (κ3) is 4.24. The molecule has 9 heteroatoms. The first-order chi connectivity index (χ1) is 16.5. The number of hydrogen-bond donors (Lipinski definition) is 1. The second-order valence-electron chi connectivity index (χ2n) is 8.00. The lowest BCUT2D eigenvalue weighted by atomic mass is 10.1. The fraction of sp³-hybridized carbons (Fsp3) is 0.200. The van der Waals surface area contributed by atoms with Gasteiger partial charge in [-0.05, 0) is 43.7 Å². The molecule has 3 aromatic heterocycles. The Kier molecular flexibility index (Phi) is 6.21. The molecule has 5 rings (SSSR count). The van der Waals surface area contributed by atoms with Crippen molar-refractivity contribution in [1.29, 1.82) is 0 Å². The monoisotopic (exact) mass is 489 g/mol. The van der Waals surface area contributed by atoms with Crippen LogP contribution in [0.15, 0.2) is 69.9 Å². The molecule has 0 fully saturated rings. The molecule has 0 aliphatic rings. The molecule has 0 atom stereocenters. The van der Waals surface area contributed by atoms with Crippen LogP contribution in [0.3, 0.4) is 0 Å². The van der Waals surface area contributed by atoms with Gasteiger partial charge < -0.3 is 9.72 Å². The van der Waals surface area contributed by atoms with E-state index >= 15 is 0 Å². The summed E-state index contributed by atoms with van der Waals surface area (Å²) in [5.74, 6) is 2.69. The summed E-state index contributed by atoms with van der Waals surface area (Å²) < 4.78 is 7.36. The number of hydrogen-bond acceptors (Lipinski definition) is 7. The highest BCUT2D eigenvalue weighted by atomic mass is 32.2. The van der Waals surface area contributed by atoms with Gasteiger partial charge in [0.25, 0.3) is 5.56 Å². The molecule has 0 saturated carbocycles. The van der Waals surface area contributed by atoms with Crippen molar-refractivity contribution in [3.63, 3.8) is 0 Å². The largest absolute Gasteiger partial charge is 0.497 e. The minimum atomic E-state index is -0.120. The van der Waals surface area contributed by atoms with Crippen LogP contribution in [0.25, 0.3) is 32.7 Å². The van der Waals surface area contributed by atoms with E-state index in [-0.39, 0.29) is 11.6 Å². The average molecular weight is 490 g/mol. The molecular formula is C25H23N5O2S2.